The van der Waals surface area contributed by atoms with Crippen LogP contribution >= 0.6 is 0 Å². The number of aliphatic carboxylic acids is 1. The summed E-state index contributed by atoms with van der Waals surface area (Å²) >= 11 is 0. The van der Waals surface area contributed by atoms with Crippen molar-refractivity contribution in [1.29, 1.82) is 0 Å². The second kappa shape index (κ2) is 10.1. The van der Waals surface area contributed by atoms with Crippen LogP contribution in [0, 0.1) is 0 Å². The van der Waals surface area contributed by atoms with Gasteiger partial charge in [-0.2, -0.15) is 0 Å². The number of piperidine rings is 1. The van der Waals surface area contributed by atoms with Crippen molar-refractivity contribution in [3.05, 3.63) is 65.7 Å². The Kier molecular flexibility index (Phi) is 7.07. The van der Waals surface area contributed by atoms with Gasteiger partial charge in [-0.3, -0.25) is 9.69 Å². The van der Waals surface area contributed by atoms with Gasteiger partial charge in [0.15, 0.2) is 6.61 Å². The van der Waals surface area contributed by atoms with Gasteiger partial charge in [0.05, 0.1) is 18.6 Å². The van der Waals surface area contributed by atoms with Crippen molar-refractivity contribution in [3.8, 4) is 5.75 Å². The Morgan fingerprint density at radius 3 is 2.38 bits per heavy atom. The summed E-state index contributed by atoms with van der Waals surface area (Å²) in [7, 11) is 0. The lowest BCUT2D eigenvalue weighted by atomic mass is 9.89. The van der Waals surface area contributed by atoms with Crippen molar-refractivity contribution in [3.63, 3.8) is 0 Å². The molecule has 2 heterocycles. The molecule has 2 fully saturated rings. The molecular formula is C25H30N2O5. The zero-order valence-electron chi connectivity index (χ0n) is 18.2. The van der Waals surface area contributed by atoms with E-state index in [2.05, 4.69) is 4.90 Å². The van der Waals surface area contributed by atoms with Crippen molar-refractivity contribution in [2.24, 2.45) is 0 Å². The smallest absolute Gasteiger partial charge is 0.341 e. The molecule has 0 aliphatic carbocycles. The zero-order chi connectivity index (χ0) is 22.4. The van der Waals surface area contributed by atoms with Crippen LogP contribution in [-0.2, 0) is 27.3 Å². The first kappa shape index (κ1) is 22.3. The van der Waals surface area contributed by atoms with Gasteiger partial charge in [-0.15, -0.1) is 0 Å². The van der Waals surface area contributed by atoms with Crippen LogP contribution in [0.15, 0.2) is 54.6 Å². The maximum atomic E-state index is 12.8. The van der Waals surface area contributed by atoms with E-state index in [1.54, 1.807) is 0 Å². The summed E-state index contributed by atoms with van der Waals surface area (Å²) < 4.78 is 11.4. The minimum Gasteiger partial charge on any atom is -0.482 e. The van der Waals surface area contributed by atoms with Crippen LogP contribution in [0.25, 0.3) is 0 Å². The molecule has 2 saturated heterocycles. The van der Waals surface area contributed by atoms with Gasteiger partial charge in [0.1, 0.15) is 5.75 Å². The highest BCUT2D eigenvalue weighted by Crippen LogP contribution is 2.31. The van der Waals surface area contributed by atoms with Crippen LogP contribution in [0.4, 0.5) is 0 Å². The number of carbonyl (C=O) groups is 2. The average Bonchev–Trinajstić information content (AvgIpc) is 2.81. The lowest BCUT2D eigenvalue weighted by molar-refractivity contribution is -0.159. The molecule has 2 aliphatic heterocycles. The highest BCUT2D eigenvalue weighted by Gasteiger charge is 2.40. The first-order valence-corrected chi connectivity index (χ1v) is 11.1. The molecule has 0 aromatic heterocycles. The van der Waals surface area contributed by atoms with E-state index in [0.717, 1.165) is 43.6 Å². The van der Waals surface area contributed by atoms with E-state index >= 15 is 0 Å². The second-order valence-corrected chi connectivity index (χ2v) is 8.61. The van der Waals surface area contributed by atoms with Gasteiger partial charge in [0.2, 0.25) is 5.91 Å². The summed E-state index contributed by atoms with van der Waals surface area (Å²) in [6, 6.07) is 17.5. The number of morpholine rings is 1. The molecule has 170 valence electrons. The third kappa shape index (κ3) is 5.87. The number of carboxylic acids is 1. The van der Waals surface area contributed by atoms with E-state index < -0.39 is 5.97 Å². The van der Waals surface area contributed by atoms with Crippen LogP contribution in [0.5, 0.6) is 5.75 Å². The van der Waals surface area contributed by atoms with Crippen molar-refractivity contribution < 1.29 is 24.2 Å². The molecule has 0 atom stereocenters. The van der Waals surface area contributed by atoms with E-state index in [1.807, 2.05) is 59.5 Å². The number of carboxylic acid groups (broad SMARTS) is 1. The largest absolute Gasteiger partial charge is 0.482 e. The first-order valence-electron chi connectivity index (χ1n) is 11.1. The van der Waals surface area contributed by atoms with Gasteiger partial charge in [-0.25, -0.2) is 4.79 Å². The van der Waals surface area contributed by atoms with E-state index in [9.17, 15) is 9.59 Å². The molecule has 1 amide bonds. The molecule has 0 radical (unpaired) electrons. The molecule has 32 heavy (non-hydrogen) atoms. The number of nitrogens with zero attached hydrogens (tertiary/aromatic N) is 2. The van der Waals surface area contributed by atoms with Crippen molar-refractivity contribution >= 4 is 11.9 Å². The third-order valence-electron chi connectivity index (χ3n) is 6.26. The number of ether oxygens (including phenoxy) is 2. The Balaban J connectivity index is 1.27. The topological polar surface area (TPSA) is 79.3 Å². The molecule has 7 nitrogen and oxygen atoms in total. The number of likely N-dealkylation sites (tertiary alicyclic amines) is 1. The average molecular weight is 439 g/mol. The summed E-state index contributed by atoms with van der Waals surface area (Å²) in [4.78, 5) is 27.8. The van der Waals surface area contributed by atoms with E-state index in [0.29, 0.717) is 31.9 Å². The van der Waals surface area contributed by atoms with E-state index in [-0.39, 0.29) is 18.1 Å². The van der Waals surface area contributed by atoms with Crippen molar-refractivity contribution in [2.45, 2.75) is 31.4 Å². The Bertz CT molecular complexity index is 908. The summed E-state index contributed by atoms with van der Waals surface area (Å²) in [6.07, 6.45) is 2.25. The second-order valence-electron chi connectivity index (χ2n) is 8.61. The third-order valence-corrected chi connectivity index (χ3v) is 6.26. The SMILES string of the molecule is O=C(O)COc1ccc(CN2CCC3(CC2)CN(C(=O)Cc2ccccc2)CCO3)cc1. The Morgan fingerprint density at radius 2 is 1.69 bits per heavy atom. The van der Waals surface area contributed by atoms with Gasteiger partial charge in [0.25, 0.3) is 0 Å². The Morgan fingerprint density at radius 1 is 0.969 bits per heavy atom. The van der Waals surface area contributed by atoms with Crippen LogP contribution in [0.1, 0.15) is 24.0 Å². The summed E-state index contributed by atoms with van der Waals surface area (Å²) in [6.45, 7) is 4.24. The fourth-order valence-electron chi connectivity index (χ4n) is 4.46. The maximum Gasteiger partial charge on any atom is 0.341 e. The highest BCUT2D eigenvalue weighted by atomic mass is 16.5. The number of rotatable bonds is 7. The van der Waals surface area contributed by atoms with Crippen molar-refractivity contribution in [1.82, 2.24) is 9.80 Å². The normalized spacial score (nSPS) is 18.4. The first-order chi connectivity index (χ1) is 15.5. The zero-order valence-corrected chi connectivity index (χ0v) is 18.2. The number of amides is 1. The van der Waals surface area contributed by atoms with Gasteiger partial charge in [0, 0.05) is 32.7 Å². The molecule has 4 rings (SSSR count). The minimum absolute atomic E-state index is 0.173. The lowest BCUT2D eigenvalue weighted by Gasteiger charge is -2.47. The summed E-state index contributed by atoms with van der Waals surface area (Å²) in [5.74, 6) is -0.252. The molecule has 7 heteroatoms. The van der Waals surface area contributed by atoms with Gasteiger partial charge >= 0.3 is 5.97 Å². The van der Waals surface area contributed by atoms with E-state index in [4.69, 9.17) is 14.6 Å². The number of carbonyl (C=O) groups excluding carboxylic acids is 1. The molecule has 2 aromatic carbocycles. The van der Waals surface area contributed by atoms with Crippen LogP contribution in [0.2, 0.25) is 0 Å². The molecule has 0 unspecified atom stereocenters. The molecular weight excluding hydrogens is 408 g/mol. The van der Waals surface area contributed by atoms with E-state index in [1.165, 1.54) is 0 Å². The molecule has 0 bridgehead atoms. The van der Waals surface area contributed by atoms with Gasteiger partial charge in [-0.05, 0) is 36.1 Å². The predicted molar refractivity (Wildman–Crippen MR) is 119 cm³/mol. The quantitative estimate of drug-likeness (QED) is 0.716. The number of hydrogen-bond donors (Lipinski definition) is 1. The highest BCUT2D eigenvalue weighted by molar-refractivity contribution is 5.79. The summed E-state index contributed by atoms with van der Waals surface area (Å²) in [5, 5.41) is 8.70. The molecule has 1 spiro atoms. The Labute approximate surface area is 188 Å². The van der Waals surface area contributed by atoms with Crippen LogP contribution in [0.3, 0.4) is 0 Å². The lowest BCUT2D eigenvalue weighted by Crippen LogP contribution is -2.58. The fourth-order valence-corrected chi connectivity index (χ4v) is 4.46. The molecule has 2 aliphatic rings. The fraction of sp³-hybridized carbons (Fsp3) is 0.440. The number of benzene rings is 2. The number of hydrogen-bond acceptors (Lipinski definition) is 5. The maximum absolute atomic E-state index is 12.8. The molecule has 0 saturated carbocycles. The van der Waals surface area contributed by atoms with Gasteiger partial charge < -0.3 is 19.5 Å². The van der Waals surface area contributed by atoms with Gasteiger partial charge in [-0.1, -0.05) is 42.5 Å². The summed E-state index contributed by atoms with van der Waals surface area (Å²) in [5.41, 5.74) is 1.97. The van der Waals surface area contributed by atoms with Crippen LogP contribution in [-0.4, -0.2) is 71.8 Å². The monoisotopic (exact) mass is 438 g/mol. The minimum atomic E-state index is -0.985. The molecule has 1 N–H and O–H groups in total. The molecule has 2 aromatic rings. The standard InChI is InChI=1S/C25H30N2O5/c28-23(16-20-4-2-1-3-5-20)27-14-15-32-25(19-27)10-12-26(13-11-25)17-21-6-8-22(9-7-21)31-18-24(29)30/h1-9H,10-19H2,(H,29,30). The predicted octanol–water partition coefficient (Wildman–Crippen LogP) is 2.59. The van der Waals surface area contributed by atoms with Crippen LogP contribution < -0.4 is 4.74 Å². The Hall–Kier alpha value is -2.90. The van der Waals surface area contributed by atoms with Crippen molar-refractivity contribution in [2.75, 3.05) is 39.4 Å².